The van der Waals surface area contributed by atoms with Crippen LogP contribution in [0.3, 0.4) is 0 Å². The molecule has 0 unspecified atom stereocenters. The molecule has 4 nitrogen and oxygen atoms in total. The van der Waals surface area contributed by atoms with Gasteiger partial charge in [0.1, 0.15) is 5.75 Å². The molecule has 0 aromatic heterocycles. The van der Waals surface area contributed by atoms with Crippen LogP contribution in [0.25, 0.3) is 0 Å². The van der Waals surface area contributed by atoms with Crippen LogP contribution in [0.1, 0.15) is 11.7 Å². The highest BCUT2D eigenvalue weighted by Crippen LogP contribution is 2.32. The number of methoxy groups -OCH3 is 1. The van der Waals surface area contributed by atoms with Crippen molar-refractivity contribution >= 4 is 0 Å². The third kappa shape index (κ3) is 2.03. The van der Waals surface area contributed by atoms with Gasteiger partial charge in [-0.15, -0.1) is 0 Å². The Labute approximate surface area is 76.2 Å². The van der Waals surface area contributed by atoms with Crippen LogP contribution in [0.4, 0.5) is 0 Å². The molecule has 13 heavy (non-hydrogen) atoms. The first-order chi connectivity index (χ1) is 6.40. The minimum atomic E-state index is 0.0334. The first kappa shape index (κ1) is 8.19. The lowest BCUT2D eigenvalue weighted by Crippen LogP contribution is -1.98. The Morgan fingerprint density at radius 3 is 2.92 bits per heavy atom. The molecule has 1 aromatic rings. The van der Waals surface area contributed by atoms with Crippen LogP contribution in [-0.4, -0.2) is 13.9 Å². The number of nitrogens with zero attached hydrogens (tertiary/aromatic N) is 2. The molecule has 0 spiro atoms. The molecule has 0 atom stereocenters. The summed E-state index contributed by atoms with van der Waals surface area (Å²) in [5.41, 5.74) is 1.06. The number of hydrogen-bond acceptors (Lipinski definition) is 4. The summed E-state index contributed by atoms with van der Waals surface area (Å²) in [6.07, 6.45) is 0.0334. The van der Waals surface area contributed by atoms with Gasteiger partial charge in [0, 0.05) is 12.7 Å². The predicted octanol–water partition coefficient (Wildman–Crippen LogP) is 2.13. The van der Waals surface area contributed by atoms with Gasteiger partial charge >= 0.3 is 0 Å². The van der Waals surface area contributed by atoms with Crippen molar-refractivity contribution in [1.82, 2.24) is 0 Å². The van der Waals surface area contributed by atoms with Crippen molar-refractivity contribution in [3.63, 3.8) is 0 Å². The average molecular weight is 178 g/mol. The van der Waals surface area contributed by atoms with E-state index < -0.39 is 0 Å². The molecule has 68 valence electrons. The van der Waals surface area contributed by atoms with Crippen LogP contribution in [0, 0.1) is 0 Å². The Kier molecular flexibility index (Phi) is 2.23. The molecule has 1 aromatic carbocycles. The van der Waals surface area contributed by atoms with E-state index in [0.717, 1.165) is 11.3 Å². The van der Waals surface area contributed by atoms with Gasteiger partial charge in [0.15, 0.2) is 6.79 Å². The molecule has 0 bridgehead atoms. The number of hydrogen-bond donors (Lipinski definition) is 0. The fraction of sp³-hybridized carbons (Fsp3) is 0.333. The number of rotatable bonds is 4. The van der Waals surface area contributed by atoms with Crippen molar-refractivity contribution in [1.29, 1.82) is 0 Å². The third-order valence-electron chi connectivity index (χ3n) is 1.73. The van der Waals surface area contributed by atoms with Gasteiger partial charge in [0.25, 0.3) is 0 Å². The first-order valence-corrected chi connectivity index (χ1v) is 4.02. The maximum atomic E-state index is 5.27. The van der Waals surface area contributed by atoms with Crippen molar-refractivity contribution in [2.75, 3.05) is 13.9 Å². The lowest BCUT2D eigenvalue weighted by molar-refractivity contribution is 0.0511. The summed E-state index contributed by atoms with van der Waals surface area (Å²) in [5, 5.41) is 7.66. The molecule has 0 saturated carbocycles. The molecule has 1 aliphatic rings. The van der Waals surface area contributed by atoms with E-state index in [9.17, 15) is 0 Å². The van der Waals surface area contributed by atoms with Gasteiger partial charge in [-0.1, -0.05) is 12.1 Å². The molecule has 1 aliphatic heterocycles. The highest BCUT2D eigenvalue weighted by atomic mass is 16.7. The molecule has 1 heterocycles. The summed E-state index contributed by atoms with van der Waals surface area (Å²) in [7, 11) is 1.59. The summed E-state index contributed by atoms with van der Waals surface area (Å²) in [6, 6.07) is 7.70. The molecule has 0 saturated heterocycles. The van der Waals surface area contributed by atoms with Gasteiger partial charge in [-0.05, 0) is 12.1 Å². The van der Waals surface area contributed by atoms with Crippen molar-refractivity contribution in [2.45, 2.75) is 6.17 Å². The molecular formula is C9H10N2O2. The molecular weight excluding hydrogens is 168 g/mol. The van der Waals surface area contributed by atoms with E-state index >= 15 is 0 Å². The topological polar surface area (TPSA) is 43.2 Å². The Morgan fingerprint density at radius 2 is 2.23 bits per heavy atom. The first-order valence-electron chi connectivity index (χ1n) is 4.02. The van der Waals surface area contributed by atoms with Crippen LogP contribution in [0.2, 0.25) is 0 Å². The van der Waals surface area contributed by atoms with Crippen molar-refractivity contribution in [3.05, 3.63) is 29.8 Å². The van der Waals surface area contributed by atoms with E-state index in [4.69, 9.17) is 9.47 Å². The predicted molar refractivity (Wildman–Crippen MR) is 46.5 cm³/mol. The van der Waals surface area contributed by atoms with E-state index in [1.165, 1.54) is 0 Å². The Morgan fingerprint density at radius 1 is 1.38 bits per heavy atom. The Hall–Kier alpha value is -1.42. The van der Waals surface area contributed by atoms with Gasteiger partial charge in [0.05, 0.1) is 0 Å². The average Bonchev–Trinajstić information content (AvgIpc) is 2.98. The monoisotopic (exact) mass is 178 g/mol. The fourth-order valence-electron chi connectivity index (χ4n) is 1.06. The van der Waals surface area contributed by atoms with Gasteiger partial charge in [-0.3, -0.25) is 0 Å². The van der Waals surface area contributed by atoms with Gasteiger partial charge in [-0.25, -0.2) is 0 Å². The second-order valence-corrected chi connectivity index (χ2v) is 2.73. The molecule has 0 fully saturated rings. The molecule has 4 heteroatoms. The minimum Gasteiger partial charge on any atom is -0.468 e. The van der Waals surface area contributed by atoms with Crippen LogP contribution in [0.15, 0.2) is 34.5 Å². The zero-order valence-electron chi connectivity index (χ0n) is 7.30. The van der Waals surface area contributed by atoms with Crippen LogP contribution >= 0.6 is 0 Å². The summed E-state index contributed by atoms with van der Waals surface area (Å²) < 4.78 is 10.1. The minimum absolute atomic E-state index is 0.0334. The Balaban J connectivity index is 2.03. The standard InChI is InChI=1S/C9H10N2O2/c1-12-6-13-8-4-2-3-7(5-8)9-10-11-9/h2-5,9H,6H2,1H3. The SMILES string of the molecule is COCOc1cccc(C2N=N2)c1. The third-order valence-corrected chi connectivity index (χ3v) is 1.73. The summed E-state index contributed by atoms with van der Waals surface area (Å²) in [4.78, 5) is 0. The van der Waals surface area contributed by atoms with E-state index in [1.807, 2.05) is 24.3 Å². The van der Waals surface area contributed by atoms with E-state index in [0.29, 0.717) is 0 Å². The second-order valence-electron chi connectivity index (χ2n) is 2.73. The van der Waals surface area contributed by atoms with E-state index in [2.05, 4.69) is 10.2 Å². The summed E-state index contributed by atoms with van der Waals surface area (Å²) in [6.45, 7) is 0.266. The number of ether oxygens (including phenoxy) is 2. The lowest BCUT2D eigenvalue weighted by atomic mass is 10.2. The van der Waals surface area contributed by atoms with Gasteiger partial charge < -0.3 is 9.47 Å². The lowest BCUT2D eigenvalue weighted by Gasteiger charge is -2.04. The summed E-state index contributed by atoms with van der Waals surface area (Å²) in [5.74, 6) is 0.789. The molecule has 0 amide bonds. The molecule has 2 rings (SSSR count). The second kappa shape index (κ2) is 3.53. The van der Waals surface area contributed by atoms with E-state index in [-0.39, 0.29) is 13.0 Å². The van der Waals surface area contributed by atoms with Gasteiger partial charge in [0.2, 0.25) is 6.17 Å². The van der Waals surface area contributed by atoms with E-state index in [1.54, 1.807) is 7.11 Å². The highest BCUT2D eigenvalue weighted by Gasteiger charge is 2.18. The molecule has 0 radical (unpaired) electrons. The van der Waals surface area contributed by atoms with Crippen molar-refractivity contribution < 1.29 is 9.47 Å². The smallest absolute Gasteiger partial charge is 0.206 e. The zero-order valence-corrected chi connectivity index (χ0v) is 7.30. The fourth-order valence-corrected chi connectivity index (χ4v) is 1.06. The maximum Gasteiger partial charge on any atom is 0.206 e. The maximum absolute atomic E-state index is 5.27. The normalized spacial score (nSPS) is 14.5. The Bertz CT molecular complexity index is 319. The summed E-state index contributed by atoms with van der Waals surface area (Å²) >= 11 is 0. The van der Waals surface area contributed by atoms with Crippen LogP contribution < -0.4 is 4.74 Å². The largest absolute Gasteiger partial charge is 0.468 e. The quantitative estimate of drug-likeness (QED) is 0.663. The highest BCUT2D eigenvalue weighted by molar-refractivity contribution is 5.31. The van der Waals surface area contributed by atoms with Gasteiger partial charge in [-0.2, -0.15) is 10.2 Å². The van der Waals surface area contributed by atoms with Crippen LogP contribution in [0.5, 0.6) is 5.75 Å². The van der Waals surface area contributed by atoms with Crippen molar-refractivity contribution in [3.8, 4) is 5.75 Å². The van der Waals surface area contributed by atoms with Crippen molar-refractivity contribution in [2.24, 2.45) is 10.2 Å². The zero-order chi connectivity index (χ0) is 9.10. The molecule has 0 aliphatic carbocycles. The number of benzene rings is 1. The van der Waals surface area contributed by atoms with Crippen LogP contribution in [-0.2, 0) is 4.74 Å². The molecule has 0 N–H and O–H groups in total.